The largest absolute Gasteiger partial charge is 0.454 e. The highest BCUT2D eigenvalue weighted by molar-refractivity contribution is 7.89. The molecule has 0 aliphatic carbocycles. The fraction of sp³-hybridized carbons (Fsp3) is 0.188. The predicted molar refractivity (Wildman–Crippen MR) is 84.3 cm³/mol. The van der Waals surface area contributed by atoms with E-state index in [0.29, 0.717) is 29.2 Å². The summed E-state index contributed by atoms with van der Waals surface area (Å²) in [5, 5.41) is 0. The molecule has 0 saturated heterocycles. The summed E-state index contributed by atoms with van der Waals surface area (Å²) >= 11 is 0. The lowest BCUT2D eigenvalue weighted by molar-refractivity contribution is -0.136. The fourth-order valence-corrected chi connectivity index (χ4v) is 3.36. The molecular weight excluding hydrogens is 373 g/mol. The van der Waals surface area contributed by atoms with E-state index in [-0.39, 0.29) is 13.3 Å². The summed E-state index contributed by atoms with van der Waals surface area (Å²) in [6.07, 6.45) is -4.73. The second-order valence-corrected chi connectivity index (χ2v) is 7.07. The Morgan fingerprint density at radius 1 is 1.12 bits per heavy atom. The minimum Gasteiger partial charge on any atom is -0.454 e. The molecule has 1 aliphatic heterocycles. The summed E-state index contributed by atoms with van der Waals surface area (Å²) in [5.41, 5.74) is -1.37. The Balaban J connectivity index is 1.81. The van der Waals surface area contributed by atoms with E-state index < -0.39 is 32.3 Å². The summed E-state index contributed by atoms with van der Waals surface area (Å²) in [7, 11) is -4.10. The summed E-state index contributed by atoms with van der Waals surface area (Å²) in [6, 6.07) is 6.97. The number of nitrogens with one attached hydrogen (secondary N) is 1. The van der Waals surface area contributed by atoms with Crippen molar-refractivity contribution in [3.63, 3.8) is 0 Å². The van der Waals surface area contributed by atoms with Crippen LogP contribution in [-0.4, -0.2) is 15.2 Å². The standard InChI is InChI=1S/C16H11F3N2O4S/c1-20-13-7-11(3-4-12(13)16(17,18)19)26(22,23)21-8-10-2-5-14-15(6-10)25-9-24-14/h2-7,21H,8-9H2. The van der Waals surface area contributed by atoms with Crippen LogP contribution in [0.4, 0.5) is 18.9 Å². The maximum Gasteiger partial charge on any atom is 0.407 e. The van der Waals surface area contributed by atoms with Crippen LogP contribution in [0.25, 0.3) is 4.85 Å². The van der Waals surface area contributed by atoms with Crippen LogP contribution < -0.4 is 14.2 Å². The molecule has 3 rings (SSSR count). The van der Waals surface area contributed by atoms with Crippen LogP contribution in [0, 0.1) is 6.57 Å². The average molecular weight is 384 g/mol. The van der Waals surface area contributed by atoms with E-state index in [1.807, 2.05) is 0 Å². The molecule has 0 radical (unpaired) electrons. The van der Waals surface area contributed by atoms with E-state index >= 15 is 0 Å². The van der Waals surface area contributed by atoms with Gasteiger partial charge < -0.3 is 9.47 Å². The van der Waals surface area contributed by atoms with Gasteiger partial charge >= 0.3 is 6.18 Å². The zero-order chi connectivity index (χ0) is 18.9. The number of benzene rings is 2. The number of fused-ring (bicyclic) bond motifs is 1. The smallest absolute Gasteiger partial charge is 0.407 e. The number of ether oxygens (including phenoxy) is 2. The number of alkyl halides is 3. The van der Waals surface area contributed by atoms with Crippen molar-refractivity contribution in [1.29, 1.82) is 0 Å². The van der Waals surface area contributed by atoms with Gasteiger partial charge in [-0.25, -0.2) is 18.0 Å². The molecule has 0 saturated carbocycles. The van der Waals surface area contributed by atoms with Crippen LogP contribution in [0.2, 0.25) is 0 Å². The van der Waals surface area contributed by atoms with Crippen LogP contribution in [-0.2, 0) is 22.7 Å². The number of hydrogen-bond acceptors (Lipinski definition) is 4. The molecule has 0 fully saturated rings. The molecule has 0 bridgehead atoms. The summed E-state index contributed by atoms with van der Waals surface area (Å²) < 4.78 is 75.7. The first kappa shape index (κ1) is 18.0. The monoisotopic (exact) mass is 384 g/mol. The van der Waals surface area contributed by atoms with Crippen molar-refractivity contribution in [3.05, 3.63) is 58.9 Å². The van der Waals surface area contributed by atoms with E-state index in [2.05, 4.69) is 9.57 Å². The number of rotatable bonds is 4. The second kappa shape index (κ2) is 6.51. The average Bonchev–Trinajstić information content (AvgIpc) is 3.06. The van der Waals surface area contributed by atoms with Gasteiger partial charge in [0.15, 0.2) is 11.5 Å². The lowest BCUT2D eigenvalue weighted by Crippen LogP contribution is -2.23. The fourth-order valence-electron chi connectivity index (χ4n) is 2.32. The van der Waals surface area contributed by atoms with Crippen LogP contribution in [0.15, 0.2) is 41.3 Å². The highest BCUT2D eigenvalue weighted by Crippen LogP contribution is 2.37. The molecule has 2 aromatic rings. The second-order valence-electron chi connectivity index (χ2n) is 5.30. The Labute approximate surface area is 147 Å². The van der Waals surface area contributed by atoms with E-state index in [9.17, 15) is 21.6 Å². The molecule has 2 aromatic carbocycles. The molecule has 1 aliphatic rings. The lowest BCUT2D eigenvalue weighted by atomic mass is 10.2. The Morgan fingerprint density at radius 3 is 2.54 bits per heavy atom. The first-order valence-electron chi connectivity index (χ1n) is 7.17. The number of nitrogens with zero attached hydrogens (tertiary/aromatic N) is 1. The third-order valence-electron chi connectivity index (χ3n) is 3.61. The van der Waals surface area contributed by atoms with Gasteiger partial charge in [0.25, 0.3) is 0 Å². The Morgan fingerprint density at radius 2 is 1.85 bits per heavy atom. The Kier molecular flexibility index (Phi) is 4.52. The molecule has 1 N–H and O–H groups in total. The van der Waals surface area contributed by atoms with Gasteiger partial charge in [-0.1, -0.05) is 12.1 Å². The number of sulfonamides is 1. The SMILES string of the molecule is [C-]#[N+]c1cc(S(=O)(=O)NCc2ccc3c(c2)OCO3)ccc1C(F)(F)F. The molecule has 10 heteroatoms. The van der Waals surface area contributed by atoms with Gasteiger partial charge in [0.2, 0.25) is 22.5 Å². The summed E-state index contributed by atoms with van der Waals surface area (Å²) in [5.74, 6) is 1.02. The highest BCUT2D eigenvalue weighted by atomic mass is 32.2. The minimum absolute atomic E-state index is 0.0788. The Hall–Kier alpha value is -2.77. The van der Waals surface area contributed by atoms with Gasteiger partial charge in [0, 0.05) is 6.54 Å². The maximum absolute atomic E-state index is 12.8. The zero-order valence-electron chi connectivity index (χ0n) is 13.0. The summed E-state index contributed by atoms with van der Waals surface area (Å²) in [6.45, 7) is 6.83. The minimum atomic E-state index is -4.73. The molecule has 26 heavy (non-hydrogen) atoms. The first-order valence-corrected chi connectivity index (χ1v) is 8.66. The van der Waals surface area contributed by atoms with Crippen molar-refractivity contribution in [3.8, 4) is 11.5 Å². The van der Waals surface area contributed by atoms with Crippen molar-refractivity contribution in [1.82, 2.24) is 4.72 Å². The van der Waals surface area contributed by atoms with Crippen LogP contribution in [0.3, 0.4) is 0 Å². The highest BCUT2D eigenvalue weighted by Gasteiger charge is 2.34. The van der Waals surface area contributed by atoms with Crippen LogP contribution >= 0.6 is 0 Å². The molecule has 0 spiro atoms. The molecule has 1 heterocycles. The van der Waals surface area contributed by atoms with E-state index in [4.69, 9.17) is 16.0 Å². The number of halogens is 3. The third kappa shape index (κ3) is 3.58. The van der Waals surface area contributed by atoms with Crippen molar-refractivity contribution in [2.75, 3.05) is 6.79 Å². The predicted octanol–water partition coefficient (Wildman–Crippen LogP) is 3.46. The first-order chi connectivity index (χ1) is 12.2. The molecule has 6 nitrogen and oxygen atoms in total. The van der Waals surface area contributed by atoms with Gasteiger partial charge in [-0.2, -0.15) is 13.2 Å². The number of hydrogen-bond donors (Lipinski definition) is 1. The van der Waals surface area contributed by atoms with E-state index in [1.165, 1.54) is 0 Å². The topological polar surface area (TPSA) is 69.0 Å². The lowest BCUT2D eigenvalue weighted by Gasteiger charge is -2.12. The van der Waals surface area contributed by atoms with Gasteiger partial charge in [-0.15, -0.1) is 0 Å². The van der Waals surface area contributed by atoms with Crippen LogP contribution in [0.5, 0.6) is 11.5 Å². The van der Waals surface area contributed by atoms with Gasteiger partial charge in [0.1, 0.15) is 0 Å². The van der Waals surface area contributed by atoms with Gasteiger partial charge in [-0.3, -0.25) is 0 Å². The zero-order valence-corrected chi connectivity index (χ0v) is 13.8. The molecule has 0 amide bonds. The van der Waals surface area contributed by atoms with Crippen molar-refractivity contribution in [2.24, 2.45) is 0 Å². The van der Waals surface area contributed by atoms with Gasteiger partial charge in [0.05, 0.1) is 17.0 Å². The molecular formula is C16H11F3N2O4S. The van der Waals surface area contributed by atoms with Crippen molar-refractivity contribution < 1.29 is 31.1 Å². The van der Waals surface area contributed by atoms with Gasteiger partial charge in [-0.05, 0) is 29.8 Å². The molecule has 136 valence electrons. The van der Waals surface area contributed by atoms with Crippen LogP contribution in [0.1, 0.15) is 11.1 Å². The normalized spacial score (nSPS) is 13.5. The van der Waals surface area contributed by atoms with E-state index in [1.54, 1.807) is 18.2 Å². The summed E-state index contributed by atoms with van der Waals surface area (Å²) in [4.78, 5) is 2.36. The quantitative estimate of drug-likeness (QED) is 0.820. The third-order valence-corrected chi connectivity index (χ3v) is 5.01. The van der Waals surface area contributed by atoms with E-state index in [0.717, 1.165) is 6.07 Å². The van der Waals surface area contributed by atoms with Crippen molar-refractivity contribution in [2.45, 2.75) is 17.6 Å². The molecule has 0 atom stereocenters. The maximum atomic E-state index is 12.8. The Bertz CT molecular complexity index is 998. The van der Waals surface area contributed by atoms with Crippen molar-refractivity contribution >= 4 is 15.7 Å². The molecule has 0 aromatic heterocycles. The molecule has 0 unspecified atom stereocenters.